The van der Waals surface area contributed by atoms with E-state index in [1.165, 1.54) is 25.7 Å². The molecule has 0 bridgehead atoms. The minimum Gasteiger partial charge on any atom is -0.465 e. The third kappa shape index (κ3) is 3.12. The first-order valence-electron chi connectivity index (χ1n) is 9.74. The normalized spacial score (nSPS) is 35.5. The number of piperidine rings is 1. The van der Waals surface area contributed by atoms with E-state index in [4.69, 9.17) is 4.42 Å². The molecule has 4 nitrogen and oxygen atoms in total. The maximum absolute atomic E-state index is 12.8. The fourth-order valence-corrected chi connectivity index (χ4v) is 4.93. The molecular weight excluding hydrogens is 336 g/mol. The SMILES string of the molecule is CC1CC1c1ccc(C2CC2C(=O)N2CCC3(CCNC3)CC2)o1.Cl. The molecular formula is C20H29ClN2O2. The van der Waals surface area contributed by atoms with Crippen molar-refractivity contribution in [2.75, 3.05) is 26.2 Å². The molecule has 1 spiro atoms. The van der Waals surface area contributed by atoms with Gasteiger partial charge in [-0.15, -0.1) is 12.4 Å². The Kier molecular flexibility index (Phi) is 4.40. The third-order valence-electron chi connectivity index (χ3n) is 7.06. The second kappa shape index (κ2) is 6.31. The van der Waals surface area contributed by atoms with E-state index in [1.54, 1.807) is 0 Å². The molecule has 2 saturated heterocycles. The molecule has 5 rings (SSSR count). The standard InChI is InChI=1S/C20H28N2O2.ClH/c1-13-10-14(13)17-2-3-18(24-17)15-11-16(15)19(23)22-8-5-20(6-9-22)4-7-21-12-20;/h2-3,13-16,21H,4-12H2,1H3;1H. The van der Waals surface area contributed by atoms with Gasteiger partial charge in [0.05, 0.1) is 0 Å². The summed E-state index contributed by atoms with van der Waals surface area (Å²) in [7, 11) is 0. The monoisotopic (exact) mass is 364 g/mol. The van der Waals surface area contributed by atoms with Crippen molar-refractivity contribution in [3.8, 4) is 0 Å². The van der Waals surface area contributed by atoms with Gasteiger partial charge in [0.25, 0.3) is 0 Å². The summed E-state index contributed by atoms with van der Waals surface area (Å²) in [5, 5.41) is 3.49. The predicted octanol–water partition coefficient (Wildman–Crippen LogP) is 3.53. The number of amides is 1. The fourth-order valence-electron chi connectivity index (χ4n) is 4.93. The molecule has 25 heavy (non-hydrogen) atoms. The zero-order valence-electron chi connectivity index (χ0n) is 15.0. The molecule has 2 saturated carbocycles. The zero-order valence-corrected chi connectivity index (χ0v) is 15.8. The molecule has 3 heterocycles. The number of nitrogens with one attached hydrogen (secondary N) is 1. The number of carbonyl (C=O) groups is 1. The van der Waals surface area contributed by atoms with Crippen molar-refractivity contribution >= 4 is 18.3 Å². The van der Waals surface area contributed by atoms with E-state index in [2.05, 4.69) is 29.3 Å². The Hall–Kier alpha value is -1.00. The van der Waals surface area contributed by atoms with E-state index in [1.807, 2.05) is 0 Å². The van der Waals surface area contributed by atoms with Crippen LogP contribution < -0.4 is 5.32 Å². The molecule has 4 unspecified atom stereocenters. The molecule has 2 aliphatic carbocycles. The van der Waals surface area contributed by atoms with Gasteiger partial charge in [0, 0.05) is 37.4 Å². The highest BCUT2D eigenvalue weighted by atomic mass is 35.5. The van der Waals surface area contributed by atoms with Gasteiger partial charge in [0.2, 0.25) is 5.91 Å². The topological polar surface area (TPSA) is 45.5 Å². The van der Waals surface area contributed by atoms with Crippen molar-refractivity contribution in [1.29, 1.82) is 0 Å². The first kappa shape index (κ1) is 17.4. The lowest BCUT2D eigenvalue weighted by Gasteiger charge is -2.39. The van der Waals surface area contributed by atoms with Gasteiger partial charge in [-0.1, -0.05) is 6.92 Å². The van der Waals surface area contributed by atoms with E-state index in [-0.39, 0.29) is 18.3 Å². The van der Waals surface area contributed by atoms with E-state index >= 15 is 0 Å². The molecule has 1 aromatic rings. The molecule has 1 aromatic heterocycles. The lowest BCUT2D eigenvalue weighted by atomic mass is 9.78. The number of halogens is 1. The molecule has 5 heteroatoms. The van der Waals surface area contributed by atoms with Gasteiger partial charge < -0.3 is 14.6 Å². The highest BCUT2D eigenvalue weighted by molar-refractivity contribution is 5.85. The molecule has 4 aliphatic rings. The lowest BCUT2D eigenvalue weighted by Crippen LogP contribution is -2.44. The number of carbonyl (C=O) groups excluding carboxylic acids is 1. The summed E-state index contributed by atoms with van der Waals surface area (Å²) in [6.45, 7) is 6.48. The van der Waals surface area contributed by atoms with Gasteiger partial charge in [-0.25, -0.2) is 0 Å². The smallest absolute Gasteiger partial charge is 0.226 e. The summed E-state index contributed by atoms with van der Waals surface area (Å²) in [5.74, 6) is 4.48. The van der Waals surface area contributed by atoms with Gasteiger partial charge in [-0.3, -0.25) is 4.79 Å². The van der Waals surface area contributed by atoms with E-state index in [0.717, 1.165) is 50.0 Å². The molecule has 1 N–H and O–H groups in total. The first-order valence-corrected chi connectivity index (χ1v) is 9.74. The van der Waals surface area contributed by atoms with Crippen LogP contribution in [0.5, 0.6) is 0 Å². The Labute approximate surface area is 156 Å². The van der Waals surface area contributed by atoms with Crippen LogP contribution in [-0.4, -0.2) is 37.0 Å². The van der Waals surface area contributed by atoms with Crippen LogP contribution in [0.4, 0.5) is 0 Å². The number of likely N-dealkylation sites (tertiary alicyclic amines) is 1. The van der Waals surface area contributed by atoms with Crippen molar-refractivity contribution in [2.45, 2.75) is 50.9 Å². The summed E-state index contributed by atoms with van der Waals surface area (Å²) in [4.78, 5) is 14.9. The van der Waals surface area contributed by atoms with Crippen LogP contribution in [-0.2, 0) is 4.79 Å². The molecule has 1 amide bonds. The van der Waals surface area contributed by atoms with Crippen LogP contribution in [0.2, 0.25) is 0 Å². The van der Waals surface area contributed by atoms with Crippen LogP contribution in [0.25, 0.3) is 0 Å². The minimum absolute atomic E-state index is 0. The van der Waals surface area contributed by atoms with Crippen molar-refractivity contribution in [2.24, 2.45) is 17.3 Å². The van der Waals surface area contributed by atoms with E-state index < -0.39 is 0 Å². The van der Waals surface area contributed by atoms with Gasteiger partial charge in [0.1, 0.15) is 11.5 Å². The third-order valence-corrected chi connectivity index (χ3v) is 7.06. The zero-order chi connectivity index (χ0) is 16.3. The number of hydrogen-bond acceptors (Lipinski definition) is 3. The van der Waals surface area contributed by atoms with Gasteiger partial charge in [-0.05, 0) is 62.1 Å². The summed E-state index contributed by atoms with van der Waals surface area (Å²) in [6, 6.07) is 4.26. The van der Waals surface area contributed by atoms with Crippen molar-refractivity contribution in [3.63, 3.8) is 0 Å². The Bertz CT molecular complexity index is 642. The Balaban J connectivity index is 0.00000157. The highest BCUT2D eigenvalue weighted by Gasteiger charge is 2.49. The Morgan fingerprint density at radius 3 is 2.44 bits per heavy atom. The molecule has 2 aliphatic heterocycles. The van der Waals surface area contributed by atoms with Crippen LogP contribution in [0.1, 0.15) is 62.4 Å². The van der Waals surface area contributed by atoms with Gasteiger partial charge in [-0.2, -0.15) is 0 Å². The second-order valence-corrected chi connectivity index (χ2v) is 8.76. The van der Waals surface area contributed by atoms with E-state index in [0.29, 0.717) is 23.2 Å². The first-order chi connectivity index (χ1) is 11.7. The summed E-state index contributed by atoms with van der Waals surface area (Å²) in [5.41, 5.74) is 0.483. The summed E-state index contributed by atoms with van der Waals surface area (Å²) in [6.07, 6.45) is 5.87. The number of furan rings is 1. The second-order valence-electron chi connectivity index (χ2n) is 8.76. The minimum atomic E-state index is 0. The number of hydrogen-bond donors (Lipinski definition) is 1. The summed E-state index contributed by atoms with van der Waals surface area (Å²) < 4.78 is 6.07. The van der Waals surface area contributed by atoms with Crippen LogP contribution in [0, 0.1) is 17.3 Å². The summed E-state index contributed by atoms with van der Waals surface area (Å²) >= 11 is 0. The quantitative estimate of drug-likeness (QED) is 0.892. The maximum Gasteiger partial charge on any atom is 0.226 e. The Morgan fingerprint density at radius 1 is 1.16 bits per heavy atom. The number of rotatable bonds is 3. The van der Waals surface area contributed by atoms with Crippen molar-refractivity contribution in [1.82, 2.24) is 10.2 Å². The average Bonchev–Trinajstić information content (AvgIpc) is 3.43. The van der Waals surface area contributed by atoms with Crippen molar-refractivity contribution < 1.29 is 9.21 Å². The maximum atomic E-state index is 12.8. The van der Waals surface area contributed by atoms with Crippen molar-refractivity contribution in [3.05, 3.63) is 23.7 Å². The molecule has 4 fully saturated rings. The fraction of sp³-hybridized carbons (Fsp3) is 0.750. The molecule has 0 aromatic carbocycles. The van der Waals surface area contributed by atoms with Gasteiger partial charge in [0.15, 0.2) is 0 Å². The van der Waals surface area contributed by atoms with E-state index in [9.17, 15) is 4.79 Å². The highest BCUT2D eigenvalue weighted by Crippen LogP contribution is 2.52. The Morgan fingerprint density at radius 2 is 1.84 bits per heavy atom. The molecule has 4 atom stereocenters. The predicted molar refractivity (Wildman–Crippen MR) is 99.1 cm³/mol. The van der Waals surface area contributed by atoms with Crippen LogP contribution in [0.3, 0.4) is 0 Å². The lowest BCUT2D eigenvalue weighted by molar-refractivity contribution is -0.134. The largest absolute Gasteiger partial charge is 0.465 e. The average molecular weight is 365 g/mol. The van der Waals surface area contributed by atoms with Crippen LogP contribution in [0.15, 0.2) is 16.5 Å². The van der Waals surface area contributed by atoms with Crippen LogP contribution >= 0.6 is 12.4 Å². The van der Waals surface area contributed by atoms with Gasteiger partial charge >= 0.3 is 0 Å². The molecule has 138 valence electrons. The number of nitrogens with zero attached hydrogens (tertiary/aromatic N) is 1. The molecule has 0 radical (unpaired) electrons.